The van der Waals surface area contributed by atoms with E-state index in [1.54, 1.807) is 0 Å². The summed E-state index contributed by atoms with van der Waals surface area (Å²) in [6.07, 6.45) is 5.45. The van der Waals surface area contributed by atoms with Crippen molar-refractivity contribution in [3.05, 3.63) is 0 Å². The largest absolute Gasteiger partial charge is 0.313 e. The maximum Gasteiger partial charge on any atom is 0.0206 e. The maximum atomic E-state index is 3.77. The lowest BCUT2D eigenvalue weighted by atomic mass is 9.87. The lowest BCUT2D eigenvalue weighted by molar-refractivity contribution is 0.316. The zero-order chi connectivity index (χ0) is 12.8. The summed E-state index contributed by atoms with van der Waals surface area (Å²) < 4.78 is 0. The van der Waals surface area contributed by atoms with Crippen molar-refractivity contribution in [3.8, 4) is 0 Å². The van der Waals surface area contributed by atoms with Gasteiger partial charge in [-0.2, -0.15) is 11.8 Å². The van der Waals surface area contributed by atoms with Crippen molar-refractivity contribution in [2.24, 2.45) is 11.8 Å². The predicted octanol–water partition coefficient (Wildman–Crippen LogP) is 4.32. The third kappa shape index (κ3) is 5.21. The van der Waals surface area contributed by atoms with Crippen molar-refractivity contribution in [1.82, 2.24) is 5.32 Å². The molecule has 0 aromatic heterocycles. The highest BCUT2D eigenvalue weighted by Crippen LogP contribution is 2.36. The third-order valence-corrected chi connectivity index (χ3v) is 5.88. The van der Waals surface area contributed by atoms with E-state index in [9.17, 15) is 0 Å². The fourth-order valence-electron chi connectivity index (χ4n) is 2.48. The molecule has 1 saturated carbocycles. The first-order chi connectivity index (χ1) is 8.04. The Morgan fingerprint density at radius 3 is 2.53 bits per heavy atom. The molecule has 0 aromatic carbocycles. The molecule has 0 aliphatic heterocycles. The molecule has 102 valence electrons. The normalized spacial score (nSPS) is 31.8. The molecule has 1 nitrogen and oxygen atoms in total. The van der Waals surface area contributed by atoms with Crippen LogP contribution in [0.25, 0.3) is 0 Å². The minimum Gasteiger partial charge on any atom is -0.313 e. The number of thioether (sulfide) groups is 1. The Balaban J connectivity index is 2.48. The molecule has 0 aromatic rings. The topological polar surface area (TPSA) is 12.0 Å². The van der Waals surface area contributed by atoms with Crippen molar-refractivity contribution >= 4 is 11.8 Å². The van der Waals surface area contributed by atoms with Crippen molar-refractivity contribution in [3.63, 3.8) is 0 Å². The summed E-state index contributed by atoms with van der Waals surface area (Å²) in [5.41, 5.74) is 0. The zero-order valence-electron chi connectivity index (χ0n) is 12.3. The molecule has 1 rings (SSSR count). The summed E-state index contributed by atoms with van der Waals surface area (Å²) in [4.78, 5) is 0. The standard InChI is InChI=1S/C15H31NS/c1-6-9-16-14-8-7-12(4)10-15(14)17-13(5)11(2)3/h11-16H,6-10H2,1-5H3. The van der Waals surface area contributed by atoms with Gasteiger partial charge in [0.15, 0.2) is 0 Å². The van der Waals surface area contributed by atoms with Crippen LogP contribution in [0.15, 0.2) is 0 Å². The van der Waals surface area contributed by atoms with Gasteiger partial charge in [-0.25, -0.2) is 0 Å². The maximum absolute atomic E-state index is 3.77. The molecule has 1 fully saturated rings. The van der Waals surface area contributed by atoms with Crippen LogP contribution in [0.2, 0.25) is 0 Å². The Morgan fingerprint density at radius 1 is 1.24 bits per heavy atom. The van der Waals surface area contributed by atoms with Gasteiger partial charge in [0.1, 0.15) is 0 Å². The van der Waals surface area contributed by atoms with Crippen molar-refractivity contribution in [2.75, 3.05) is 6.54 Å². The fraction of sp³-hybridized carbons (Fsp3) is 1.00. The number of rotatable bonds is 6. The summed E-state index contributed by atoms with van der Waals surface area (Å²) in [5.74, 6) is 1.72. The van der Waals surface area contributed by atoms with E-state index in [2.05, 4.69) is 51.7 Å². The minimum absolute atomic E-state index is 0.761. The molecule has 0 spiro atoms. The average molecular weight is 257 g/mol. The smallest absolute Gasteiger partial charge is 0.0206 e. The number of hydrogen-bond donors (Lipinski definition) is 1. The first-order valence-electron chi connectivity index (χ1n) is 7.43. The SMILES string of the molecule is CCCNC1CCC(C)CC1SC(C)C(C)C. The Labute approximate surface area is 113 Å². The van der Waals surface area contributed by atoms with E-state index >= 15 is 0 Å². The van der Waals surface area contributed by atoms with Gasteiger partial charge in [-0.3, -0.25) is 0 Å². The summed E-state index contributed by atoms with van der Waals surface area (Å²) in [5, 5.41) is 5.39. The van der Waals surface area contributed by atoms with Gasteiger partial charge in [-0.1, -0.05) is 34.6 Å². The van der Waals surface area contributed by atoms with E-state index in [1.165, 1.54) is 32.2 Å². The van der Waals surface area contributed by atoms with Crippen LogP contribution in [0.5, 0.6) is 0 Å². The van der Waals surface area contributed by atoms with Gasteiger partial charge in [0.05, 0.1) is 0 Å². The van der Waals surface area contributed by atoms with Gasteiger partial charge in [0, 0.05) is 16.5 Å². The molecule has 2 heteroatoms. The molecule has 0 amide bonds. The van der Waals surface area contributed by atoms with Crippen LogP contribution in [-0.4, -0.2) is 23.1 Å². The van der Waals surface area contributed by atoms with Crippen LogP contribution in [0.4, 0.5) is 0 Å². The first-order valence-corrected chi connectivity index (χ1v) is 8.37. The van der Waals surface area contributed by atoms with Gasteiger partial charge in [-0.15, -0.1) is 0 Å². The van der Waals surface area contributed by atoms with Crippen LogP contribution in [0, 0.1) is 11.8 Å². The Hall–Kier alpha value is 0.310. The van der Waals surface area contributed by atoms with Gasteiger partial charge in [0.2, 0.25) is 0 Å². The molecule has 17 heavy (non-hydrogen) atoms. The van der Waals surface area contributed by atoms with Gasteiger partial charge in [-0.05, 0) is 44.1 Å². The third-order valence-electron chi connectivity index (χ3n) is 4.04. The molecule has 1 aliphatic rings. The van der Waals surface area contributed by atoms with Crippen LogP contribution in [0.1, 0.15) is 60.3 Å². The second-order valence-corrected chi connectivity index (χ2v) is 7.72. The van der Waals surface area contributed by atoms with E-state index in [0.717, 1.165) is 28.4 Å². The summed E-state index contributed by atoms with van der Waals surface area (Å²) in [6.45, 7) is 13.0. The fourth-order valence-corrected chi connectivity index (χ4v) is 4.20. The van der Waals surface area contributed by atoms with Crippen molar-refractivity contribution < 1.29 is 0 Å². The Bertz CT molecular complexity index is 203. The second kappa shape index (κ2) is 7.68. The van der Waals surface area contributed by atoms with E-state index in [-0.39, 0.29) is 0 Å². The van der Waals surface area contributed by atoms with E-state index < -0.39 is 0 Å². The molecule has 0 radical (unpaired) electrons. The highest BCUT2D eigenvalue weighted by Gasteiger charge is 2.30. The molecule has 1 aliphatic carbocycles. The molecule has 4 atom stereocenters. The van der Waals surface area contributed by atoms with E-state index in [1.807, 2.05) is 0 Å². The predicted molar refractivity (Wildman–Crippen MR) is 80.8 cm³/mol. The molecular weight excluding hydrogens is 226 g/mol. The van der Waals surface area contributed by atoms with Crippen molar-refractivity contribution in [2.45, 2.75) is 76.8 Å². The van der Waals surface area contributed by atoms with Crippen LogP contribution in [-0.2, 0) is 0 Å². The summed E-state index contributed by atoms with van der Waals surface area (Å²) >= 11 is 2.23. The number of hydrogen-bond acceptors (Lipinski definition) is 2. The molecule has 0 saturated heterocycles. The van der Waals surface area contributed by atoms with Crippen LogP contribution < -0.4 is 5.32 Å². The highest BCUT2D eigenvalue weighted by molar-refractivity contribution is 8.00. The number of nitrogens with one attached hydrogen (secondary N) is 1. The first kappa shape index (κ1) is 15.4. The van der Waals surface area contributed by atoms with Gasteiger partial charge in [0.25, 0.3) is 0 Å². The average Bonchev–Trinajstić information content (AvgIpc) is 2.28. The Morgan fingerprint density at radius 2 is 1.94 bits per heavy atom. The Kier molecular flexibility index (Phi) is 6.94. The molecule has 0 heterocycles. The van der Waals surface area contributed by atoms with Crippen LogP contribution in [0.3, 0.4) is 0 Å². The molecular formula is C15H31NS. The highest BCUT2D eigenvalue weighted by atomic mass is 32.2. The monoisotopic (exact) mass is 257 g/mol. The quantitative estimate of drug-likeness (QED) is 0.760. The molecule has 1 N–H and O–H groups in total. The van der Waals surface area contributed by atoms with E-state index in [0.29, 0.717) is 0 Å². The molecule has 4 unspecified atom stereocenters. The van der Waals surface area contributed by atoms with Gasteiger partial charge < -0.3 is 5.32 Å². The van der Waals surface area contributed by atoms with Gasteiger partial charge >= 0.3 is 0 Å². The lowest BCUT2D eigenvalue weighted by Crippen LogP contribution is -2.43. The summed E-state index contributed by atoms with van der Waals surface area (Å²) in [6, 6.07) is 0.761. The van der Waals surface area contributed by atoms with E-state index in [4.69, 9.17) is 0 Å². The molecule has 0 bridgehead atoms. The summed E-state index contributed by atoms with van der Waals surface area (Å²) in [7, 11) is 0. The van der Waals surface area contributed by atoms with Crippen molar-refractivity contribution in [1.29, 1.82) is 0 Å². The minimum atomic E-state index is 0.761. The second-order valence-electron chi connectivity index (χ2n) is 6.10. The lowest BCUT2D eigenvalue weighted by Gasteiger charge is -2.37. The van der Waals surface area contributed by atoms with Crippen LogP contribution >= 0.6 is 11.8 Å². The zero-order valence-corrected chi connectivity index (χ0v) is 13.1.